The highest BCUT2D eigenvalue weighted by Crippen LogP contribution is 2.38. The summed E-state index contributed by atoms with van der Waals surface area (Å²) in [7, 11) is 0. The number of carbonyl (C=O) groups excluding carboxylic acids is 1. The molecule has 2 heterocycles. The third kappa shape index (κ3) is 3.05. The number of carbonyl (C=O) groups is 1. The fourth-order valence-corrected chi connectivity index (χ4v) is 3.06. The number of furan rings is 1. The Balaban J connectivity index is 2.08. The van der Waals surface area contributed by atoms with Crippen molar-refractivity contribution in [3.05, 3.63) is 65.1 Å². The van der Waals surface area contributed by atoms with Crippen molar-refractivity contribution in [1.29, 1.82) is 5.26 Å². The molecule has 0 aliphatic carbocycles. The van der Waals surface area contributed by atoms with Crippen LogP contribution in [-0.4, -0.2) is 17.6 Å². The van der Waals surface area contributed by atoms with E-state index in [0.29, 0.717) is 15.8 Å². The van der Waals surface area contributed by atoms with Gasteiger partial charge in [-0.15, -0.1) is 0 Å². The maximum absolute atomic E-state index is 12.1. The quantitative estimate of drug-likeness (QED) is 0.482. The number of para-hydroxylation sites is 1. The number of benzene rings is 1. The molecule has 0 N–H and O–H groups in total. The Morgan fingerprint density at radius 2 is 2.12 bits per heavy atom. The standard InChI is InChI=1S/C17H13N3O3S/c1-2-22-17(21)13(11-18)16-20(12-7-4-3-5-8-12)19-15(24-16)14-9-6-10-23-14/h3-10H,2H2,1H3/b16-13-. The maximum Gasteiger partial charge on any atom is 0.351 e. The number of thioether (sulfide) groups is 1. The normalized spacial score (nSPS) is 15.7. The van der Waals surface area contributed by atoms with Gasteiger partial charge in [0, 0.05) is 0 Å². The number of nitriles is 1. The number of nitrogens with zero attached hydrogens (tertiary/aromatic N) is 3. The van der Waals surface area contributed by atoms with Gasteiger partial charge in [0.1, 0.15) is 11.1 Å². The number of esters is 1. The first-order valence-electron chi connectivity index (χ1n) is 7.21. The molecule has 0 amide bonds. The van der Waals surface area contributed by atoms with Crippen LogP contribution >= 0.6 is 11.8 Å². The minimum atomic E-state index is -0.667. The monoisotopic (exact) mass is 339 g/mol. The zero-order valence-corrected chi connectivity index (χ0v) is 13.6. The van der Waals surface area contributed by atoms with E-state index >= 15 is 0 Å². The summed E-state index contributed by atoms with van der Waals surface area (Å²) in [5.74, 6) is -0.101. The van der Waals surface area contributed by atoms with E-state index in [1.165, 1.54) is 11.8 Å². The highest BCUT2D eigenvalue weighted by molar-refractivity contribution is 8.18. The van der Waals surface area contributed by atoms with E-state index < -0.39 is 5.97 Å². The molecule has 3 rings (SSSR count). The molecule has 24 heavy (non-hydrogen) atoms. The van der Waals surface area contributed by atoms with Crippen LogP contribution in [0, 0.1) is 11.3 Å². The molecular weight excluding hydrogens is 326 g/mol. The van der Waals surface area contributed by atoms with Gasteiger partial charge in [0.25, 0.3) is 0 Å². The second-order valence-corrected chi connectivity index (χ2v) is 5.62. The zero-order valence-electron chi connectivity index (χ0n) is 12.8. The van der Waals surface area contributed by atoms with Crippen molar-refractivity contribution in [2.75, 3.05) is 11.6 Å². The summed E-state index contributed by atoms with van der Waals surface area (Å²) in [5.41, 5.74) is 0.648. The van der Waals surface area contributed by atoms with Gasteiger partial charge in [0.15, 0.2) is 16.4 Å². The van der Waals surface area contributed by atoms with Gasteiger partial charge in [0.05, 0.1) is 18.6 Å². The molecule has 0 saturated heterocycles. The first-order valence-corrected chi connectivity index (χ1v) is 8.03. The van der Waals surface area contributed by atoms with Gasteiger partial charge >= 0.3 is 5.97 Å². The van der Waals surface area contributed by atoms with Crippen molar-refractivity contribution < 1.29 is 13.9 Å². The number of ether oxygens (including phenoxy) is 1. The average Bonchev–Trinajstić information content (AvgIpc) is 3.26. The number of hydrogen-bond acceptors (Lipinski definition) is 7. The van der Waals surface area contributed by atoms with E-state index in [4.69, 9.17) is 9.15 Å². The van der Waals surface area contributed by atoms with Gasteiger partial charge in [-0.05, 0) is 43.0 Å². The highest BCUT2D eigenvalue weighted by atomic mass is 32.2. The predicted octanol–water partition coefficient (Wildman–Crippen LogP) is 3.49. The lowest BCUT2D eigenvalue weighted by molar-refractivity contribution is -0.138. The molecule has 1 aliphatic heterocycles. The van der Waals surface area contributed by atoms with Crippen LogP contribution in [0.5, 0.6) is 0 Å². The third-order valence-electron chi connectivity index (χ3n) is 3.11. The van der Waals surface area contributed by atoms with E-state index in [1.807, 2.05) is 36.4 Å². The summed E-state index contributed by atoms with van der Waals surface area (Å²) in [6.45, 7) is 1.89. The van der Waals surface area contributed by atoms with E-state index in [1.54, 1.807) is 30.3 Å². The summed E-state index contributed by atoms with van der Waals surface area (Å²) in [6, 6.07) is 14.7. The Bertz CT molecular complexity index is 836. The Hall–Kier alpha value is -2.98. The molecule has 120 valence electrons. The van der Waals surface area contributed by atoms with Crippen LogP contribution in [0.15, 0.2) is 68.8 Å². The molecule has 2 aromatic rings. The summed E-state index contributed by atoms with van der Waals surface area (Å²) in [6.07, 6.45) is 1.55. The van der Waals surface area contributed by atoms with Crippen molar-refractivity contribution in [3.63, 3.8) is 0 Å². The molecule has 1 aromatic carbocycles. The van der Waals surface area contributed by atoms with Crippen LogP contribution in [0.3, 0.4) is 0 Å². The first kappa shape index (κ1) is 15.9. The van der Waals surface area contributed by atoms with E-state index in [0.717, 1.165) is 5.69 Å². The summed E-state index contributed by atoms with van der Waals surface area (Å²) in [4.78, 5) is 12.1. The molecule has 7 heteroatoms. The lowest BCUT2D eigenvalue weighted by atomic mass is 10.3. The van der Waals surface area contributed by atoms with Gasteiger partial charge in [-0.3, -0.25) is 0 Å². The molecule has 1 aliphatic rings. The molecule has 1 aromatic heterocycles. The fraction of sp³-hybridized carbons (Fsp3) is 0.118. The van der Waals surface area contributed by atoms with Crippen LogP contribution in [0.1, 0.15) is 12.7 Å². The fourth-order valence-electron chi connectivity index (χ4n) is 2.08. The zero-order chi connectivity index (χ0) is 16.9. The highest BCUT2D eigenvalue weighted by Gasteiger charge is 2.31. The minimum absolute atomic E-state index is 0.0870. The molecule has 0 spiro atoms. The van der Waals surface area contributed by atoms with Crippen LogP contribution in [-0.2, 0) is 9.53 Å². The molecule has 0 bridgehead atoms. The number of hydrazone groups is 1. The molecule has 0 fully saturated rings. The largest absolute Gasteiger partial charge is 0.462 e. The molecule has 0 radical (unpaired) electrons. The molecule has 0 atom stereocenters. The van der Waals surface area contributed by atoms with Gasteiger partial charge in [-0.25, -0.2) is 9.80 Å². The van der Waals surface area contributed by atoms with Crippen molar-refractivity contribution in [2.24, 2.45) is 5.10 Å². The van der Waals surface area contributed by atoms with E-state index in [9.17, 15) is 10.1 Å². The van der Waals surface area contributed by atoms with Crippen LogP contribution in [0.2, 0.25) is 0 Å². The number of rotatable bonds is 4. The Labute approximate surface area is 143 Å². The molecule has 0 saturated carbocycles. The van der Waals surface area contributed by atoms with Gasteiger partial charge in [-0.1, -0.05) is 18.2 Å². The summed E-state index contributed by atoms with van der Waals surface area (Å²) >= 11 is 1.20. The van der Waals surface area contributed by atoms with Crippen molar-refractivity contribution in [3.8, 4) is 6.07 Å². The Morgan fingerprint density at radius 3 is 2.75 bits per heavy atom. The molecule has 0 unspecified atom stereocenters. The van der Waals surface area contributed by atoms with Crippen molar-refractivity contribution >= 4 is 28.5 Å². The number of hydrogen-bond donors (Lipinski definition) is 0. The summed E-state index contributed by atoms with van der Waals surface area (Å²) in [5, 5.41) is 16.5. The van der Waals surface area contributed by atoms with Gasteiger partial charge < -0.3 is 9.15 Å². The first-order chi connectivity index (χ1) is 11.7. The topological polar surface area (TPSA) is 78.8 Å². The predicted molar refractivity (Wildman–Crippen MR) is 91.0 cm³/mol. The van der Waals surface area contributed by atoms with Crippen LogP contribution in [0.4, 0.5) is 5.69 Å². The second-order valence-electron chi connectivity index (χ2n) is 4.64. The number of anilines is 1. The van der Waals surface area contributed by atoms with Gasteiger partial charge in [-0.2, -0.15) is 10.4 Å². The Morgan fingerprint density at radius 1 is 1.33 bits per heavy atom. The maximum atomic E-state index is 12.1. The minimum Gasteiger partial charge on any atom is -0.462 e. The Kier molecular flexibility index (Phi) is 4.68. The lowest BCUT2D eigenvalue weighted by Gasteiger charge is -2.16. The third-order valence-corrected chi connectivity index (χ3v) is 4.16. The molecular formula is C17H13N3O3S. The van der Waals surface area contributed by atoms with Crippen molar-refractivity contribution in [2.45, 2.75) is 6.92 Å². The van der Waals surface area contributed by atoms with E-state index in [2.05, 4.69) is 5.10 Å². The lowest BCUT2D eigenvalue weighted by Crippen LogP contribution is -2.16. The SMILES string of the molecule is CCOC(=O)/C(C#N)=C1\SC(c2ccco2)=NN1c1ccccc1. The summed E-state index contributed by atoms with van der Waals surface area (Å²) < 4.78 is 10.4. The van der Waals surface area contributed by atoms with E-state index in [-0.39, 0.29) is 12.2 Å². The average molecular weight is 339 g/mol. The van der Waals surface area contributed by atoms with Crippen LogP contribution in [0.25, 0.3) is 0 Å². The van der Waals surface area contributed by atoms with Crippen molar-refractivity contribution in [1.82, 2.24) is 0 Å². The van der Waals surface area contributed by atoms with Crippen LogP contribution < -0.4 is 5.01 Å². The smallest absolute Gasteiger partial charge is 0.351 e. The van der Waals surface area contributed by atoms with Gasteiger partial charge in [0.2, 0.25) is 0 Å². The second kappa shape index (κ2) is 7.06. The molecule has 6 nitrogen and oxygen atoms in total.